The van der Waals surface area contributed by atoms with E-state index in [9.17, 15) is 13.6 Å². The number of halogens is 2. The number of thiazole rings is 1. The van der Waals surface area contributed by atoms with Crippen molar-refractivity contribution < 1.29 is 18.3 Å². The summed E-state index contributed by atoms with van der Waals surface area (Å²) in [5.74, 6) is -1.59. The predicted octanol–water partition coefficient (Wildman–Crippen LogP) is 2.75. The molecule has 1 aromatic carbocycles. The molecular weight excluding hydrogens is 412 g/mol. The van der Waals surface area contributed by atoms with Gasteiger partial charge in [-0.15, -0.1) is 0 Å². The number of anilines is 1. The number of nitrogens with zero attached hydrogens (tertiary/aromatic N) is 5. The molecule has 30 heavy (non-hydrogen) atoms. The van der Waals surface area contributed by atoms with Crippen molar-refractivity contribution >= 4 is 32.6 Å². The number of carbonyl (C=O) groups is 1. The lowest BCUT2D eigenvalue weighted by Crippen LogP contribution is -2.44. The Kier molecular flexibility index (Phi) is 6.07. The average Bonchev–Trinajstić information content (AvgIpc) is 3.25. The molecule has 160 valence electrons. The molecule has 1 aliphatic heterocycles. The van der Waals surface area contributed by atoms with Crippen molar-refractivity contribution in [1.82, 2.24) is 19.7 Å². The predicted molar refractivity (Wildman–Crippen MR) is 111 cm³/mol. The molecule has 0 radical (unpaired) electrons. The van der Waals surface area contributed by atoms with Gasteiger partial charge in [0.15, 0.2) is 10.9 Å². The summed E-state index contributed by atoms with van der Waals surface area (Å²) in [6.07, 6.45) is 0. The van der Waals surface area contributed by atoms with Crippen LogP contribution in [-0.4, -0.2) is 65.0 Å². The number of aryl methyl sites for hydroxylation is 2. The number of fused-ring (bicyclic) bond motifs is 1. The fourth-order valence-electron chi connectivity index (χ4n) is 3.50. The fourth-order valence-corrected chi connectivity index (χ4v) is 4.55. The molecule has 2 aromatic heterocycles. The van der Waals surface area contributed by atoms with Crippen molar-refractivity contribution in [2.24, 2.45) is 0 Å². The monoisotopic (exact) mass is 435 g/mol. The minimum atomic E-state index is -0.730. The second-order valence-electron chi connectivity index (χ2n) is 7.31. The molecule has 1 aliphatic rings. The maximum atomic E-state index is 14.2. The highest BCUT2D eigenvalue weighted by Crippen LogP contribution is 2.31. The lowest BCUT2D eigenvalue weighted by molar-refractivity contribution is -0.119. The summed E-state index contributed by atoms with van der Waals surface area (Å²) in [7, 11) is 0. The lowest BCUT2D eigenvalue weighted by atomic mass is 10.3. The van der Waals surface area contributed by atoms with E-state index in [1.54, 1.807) is 9.58 Å². The second kappa shape index (κ2) is 8.75. The van der Waals surface area contributed by atoms with Crippen LogP contribution >= 0.6 is 11.3 Å². The highest BCUT2D eigenvalue weighted by molar-refractivity contribution is 7.22. The summed E-state index contributed by atoms with van der Waals surface area (Å²) < 4.78 is 35.2. The van der Waals surface area contributed by atoms with E-state index in [1.165, 1.54) is 6.07 Å². The SMILES string of the molecule is Cc1cc(C)n(CC(=O)N(CCN2CCOCC2)c2nc3c(F)cc(F)cc3s2)n1. The minimum Gasteiger partial charge on any atom is -0.379 e. The van der Waals surface area contributed by atoms with Crippen LogP contribution in [0, 0.1) is 25.5 Å². The summed E-state index contributed by atoms with van der Waals surface area (Å²) in [6.45, 7) is 7.74. The van der Waals surface area contributed by atoms with Crippen molar-refractivity contribution in [3.8, 4) is 0 Å². The number of ether oxygens (including phenoxy) is 1. The van der Waals surface area contributed by atoms with Crippen LogP contribution in [0.1, 0.15) is 11.4 Å². The Labute approximate surface area is 176 Å². The number of rotatable bonds is 6. The van der Waals surface area contributed by atoms with E-state index >= 15 is 0 Å². The zero-order valence-corrected chi connectivity index (χ0v) is 17.7. The number of hydrogen-bond acceptors (Lipinski definition) is 6. The highest BCUT2D eigenvalue weighted by atomic mass is 32.1. The van der Waals surface area contributed by atoms with Crippen LogP contribution in [0.2, 0.25) is 0 Å². The van der Waals surface area contributed by atoms with Crippen LogP contribution in [0.15, 0.2) is 18.2 Å². The van der Waals surface area contributed by atoms with Crippen molar-refractivity contribution in [2.75, 3.05) is 44.3 Å². The number of morpholine rings is 1. The van der Waals surface area contributed by atoms with Crippen LogP contribution in [0.5, 0.6) is 0 Å². The van der Waals surface area contributed by atoms with E-state index in [4.69, 9.17) is 4.74 Å². The molecule has 1 fully saturated rings. The first-order valence-electron chi connectivity index (χ1n) is 9.78. The van der Waals surface area contributed by atoms with Gasteiger partial charge in [-0.25, -0.2) is 13.8 Å². The van der Waals surface area contributed by atoms with Gasteiger partial charge in [-0.3, -0.25) is 19.3 Å². The van der Waals surface area contributed by atoms with Crippen molar-refractivity contribution in [3.05, 3.63) is 41.2 Å². The summed E-state index contributed by atoms with van der Waals surface area (Å²) in [6, 6.07) is 3.95. The van der Waals surface area contributed by atoms with Gasteiger partial charge in [-0.2, -0.15) is 5.10 Å². The molecule has 0 atom stereocenters. The maximum absolute atomic E-state index is 14.2. The van der Waals surface area contributed by atoms with Gasteiger partial charge >= 0.3 is 0 Å². The van der Waals surface area contributed by atoms with Crippen LogP contribution in [0.25, 0.3) is 10.2 Å². The van der Waals surface area contributed by atoms with Gasteiger partial charge in [0, 0.05) is 37.9 Å². The van der Waals surface area contributed by atoms with Gasteiger partial charge in [0.05, 0.1) is 23.6 Å². The zero-order chi connectivity index (χ0) is 21.3. The molecule has 0 N–H and O–H groups in total. The van der Waals surface area contributed by atoms with E-state index in [0.717, 1.165) is 41.9 Å². The molecule has 1 amide bonds. The molecule has 3 heterocycles. The van der Waals surface area contributed by atoms with Gasteiger partial charge in [0.1, 0.15) is 17.9 Å². The molecule has 0 aliphatic carbocycles. The Morgan fingerprint density at radius 1 is 1.23 bits per heavy atom. The van der Waals surface area contributed by atoms with Crippen LogP contribution < -0.4 is 4.90 Å². The summed E-state index contributed by atoms with van der Waals surface area (Å²) in [4.78, 5) is 21.3. The normalized spacial score (nSPS) is 15.1. The fraction of sp³-hybridized carbons (Fsp3) is 0.450. The molecule has 3 aromatic rings. The highest BCUT2D eigenvalue weighted by Gasteiger charge is 2.23. The Balaban J connectivity index is 1.61. The van der Waals surface area contributed by atoms with Gasteiger partial charge in [0.25, 0.3) is 5.91 Å². The molecular formula is C20H23F2N5O2S. The third kappa shape index (κ3) is 4.50. The van der Waals surface area contributed by atoms with Crippen LogP contribution in [0.3, 0.4) is 0 Å². The first kappa shape index (κ1) is 20.8. The smallest absolute Gasteiger partial charge is 0.250 e. The molecule has 0 saturated carbocycles. The summed E-state index contributed by atoms with van der Waals surface area (Å²) in [5, 5.41) is 4.72. The first-order valence-corrected chi connectivity index (χ1v) is 10.6. The summed E-state index contributed by atoms with van der Waals surface area (Å²) >= 11 is 1.11. The van der Waals surface area contributed by atoms with Crippen molar-refractivity contribution in [3.63, 3.8) is 0 Å². The average molecular weight is 436 g/mol. The number of benzene rings is 1. The molecule has 0 spiro atoms. The largest absolute Gasteiger partial charge is 0.379 e. The van der Waals surface area contributed by atoms with Crippen LogP contribution in [-0.2, 0) is 16.1 Å². The van der Waals surface area contributed by atoms with Crippen molar-refractivity contribution in [1.29, 1.82) is 0 Å². The van der Waals surface area contributed by atoms with E-state index in [1.807, 2.05) is 19.9 Å². The van der Waals surface area contributed by atoms with Gasteiger partial charge in [-0.1, -0.05) is 11.3 Å². The number of hydrogen-bond donors (Lipinski definition) is 0. The maximum Gasteiger partial charge on any atom is 0.250 e. The lowest BCUT2D eigenvalue weighted by Gasteiger charge is -2.29. The molecule has 0 unspecified atom stereocenters. The topological polar surface area (TPSA) is 63.5 Å². The van der Waals surface area contributed by atoms with Crippen LogP contribution in [0.4, 0.5) is 13.9 Å². The Morgan fingerprint density at radius 2 is 2.00 bits per heavy atom. The van der Waals surface area contributed by atoms with E-state index in [-0.39, 0.29) is 18.0 Å². The Morgan fingerprint density at radius 3 is 2.70 bits per heavy atom. The number of amides is 1. The standard InChI is InChI=1S/C20H23F2N5O2S/c1-13-9-14(2)27(24-13)12-18(28)26(4-3-25-5-7-29-8-6-25)20-23-19-16(22)10-15(21)11-17(19)30-20/h9-11H,3-8,12H2,1-2H3. The number of aromatic nitrogens is 3. The van der Waals surface area contributed by atoms with Gasteiger partial charge < -0.3 is 4.74 Å². The third-order valence-corrected chi connectivity index (χ3v) is 6.09. The first-order chi connectivity index (χ1) is 14.4. The molecule has 1 saturated heterocycles. The second-order valence-corrected chi connectivity index (χ2v) is 8.32. The minimum absolute atomic E-state index is 0.0511. The van der Waals surface area contributed by atoms with E-state index < -0.39 is 11.6 Å². The summed E-state index contributed by atoms with van der Waals surface area (Å²) in [5.41, 5.74) is 1.79. The van der Waals surface area contributed by atoms with E-state index in [0.29, 0.717) is 36.1 Å². The Hall–Kier alpha value is -2.43. The number of carbonyl (C=O) groups excluding carboxylic acids is 1. The third-order valence-electron chi connectivity index (χ3n) is 5.07. The van der Waals surface area contributed by atoms with Gasteiger partial charge in [-0.05, 0) is 26.0 Å². The Bertz CT molecular complexity index is 1060. The molecule has 7 nitrogen and oxygen atoms in total. The molecule has 0 bridgehead atoms. The quantitative estimate of drug-likeness (QED) is 0.596. The molecule has 4 rings (SSSR count). The van der Waals surface area contributed by atoms with E-state index in [2.05, 4.69) is 15.0 Å². The zero-order valence-electron chi connectivity index (χ0n) is 16.9. The van der Waals surface area contributed by atoms with Gasteiger partial charge in [0.2, 0.25) is 0 Å². The molecule has 10 heteroatoms. The van der Waals surface area contributed by atoms with Crippen molar-refractivity contribution in [2.45, 2.75) is 20.4 Å².